The average Bonchev–Trinajstić information content (AvgIpc) is 2.93. The smallest absolute Gasteiger partial charge is 0.383 e. The summed E-state index contributed by atoms with van der Waals surface area (Å²) in [5.41, 5.74) is 3.05. The maximum atomic E-state index is 12.7. The fraction of sp³-hybridized carbons (Fsp3) is 0.316. The molecule has 0 saturated heterocycles. The Morgan fingerprint density at radius 3 is 2.46 bits per heavy atom. The minimum atomic E-state index is -4.36. The van der Waals surface area contributed by atoms with Crippen LogP contribution in [0, 0.1) is 13.8 Å². The van der Waals surface area contributed by atoms with Crippen molar-refractivity contribution in [3.05, 3.63) is 53.6 Å². The summed E-state index contributed by atoms with van der Waals surface area (Å²) >= 11 is 0. The van der Waals surface area contributed by atoms with E-state index in [2.05, 4.69) is 20.4 Å². The fourth-order valence-corrected chi connectivity index (χ4v) is 2.90. The van der Waals surface area contributed by atoms with Crippen LogP contribution in [0.3, 0.4) is 0 Å². The number of anilines is 2. The van der Waals surface area contributed by atoms with Crippen molar-refractivity contribution in [3.8, 4) is 11.3 Å². The van der Waals surface area contributed by atoms with Crippen molar-refractivity contribution < 1.29 is 17.9 Å². The predicted molar refractivity (Wildman–Crippen MR) is 99.3 cm³/mol. The number of aryl methyl sites for hydroxylation is 1. The van der Waals surface area contributed by atoms with Crippen LogP contribution in [0.5, 0.6) is 0 Å². The topological polar surface area (TPSA) is 64.9 Å². The molecule has 3 aromatic rings. The van der Waals surface area contributed by atoms with Gasteiger partial charge in [0.1, 0.15) is 5.82 Å². The quantitative estimate of drug-likeness (QED) is 0.676. The molecule has 3 rings (SSSR count). The van der Waals surface area contributed by atoms with E-state index >= 15 is 0 Å². The van der Waals surface area contributed by atoms with Gasteiger partial charge in [0.25, 0.3) is 0 Å². The number of halogens is 3. The molecule has 2 aromatic heterocycles. The molecule has 0 amide bonds. The second-order valence-corrected chi connectivity index (χ2v) is 6.25. The summed E-state index contributed by atoms with van der Waals surface area (Å²) in [6, 6.07) is 4.76. The van der Waals surface area contributed by atoms with Crippen LogP contribution in [0.1, 0.15) is 17.0 Å². The zero-order valence-corrected chi connectivity index (χ0v) is 15.7. The van der Waals surface area contributed by atoms with Crippen LogP contribution >= 0.6 is 0 Å². The highest BCUT2D eigenvalue weighted by Gasteiger charge is 2.29. The third-order valence-electron chi connectivity index (χ3n) is 4.26. The lowest BCUT2D eigenvalue weighted by atomic mass is 10.1. The first-order chi connectivity index (χ1) is 13.3. The van der Waals surface area contributed by atoms with Gasteiger partial charge in [-0.15, -0.1) is 0 Å². The van der Waals surface area contributed by atoms with Crippen LogP contribution in [0.2, 0.25) is 0 Å². The van der Waals surface area contributed by atoms with Gasteiger partial charge in [0.05, 0.1) is 42.5 Å². The lowest BCUT2D eigenvalue weighted by Crippen LogP contribution is -2.07. The third kappa shape index (κ3) is 4.30. The molecule has 0 aliphatic rings. The largest absolute Gasteiger partial charge is 0.416 e. The van der Waals surface area contributed by atoms with E-state index in [9.17, 15) is 13.2 Å². The van der Waals surface area contributed by atoms with E-state index in [0.29, 0.717) is 30.4 Å². The van der Waals surface area contributed by atoms with Crippen molar-refractivity contribution in [1.82, 2.24) is 19.7 Å². The predicted octanol–water partition coefficient (Wildman–Crippen LogP) is 4.37. The van der Waals surface area contributed by atoms with Crippen LogP contribution in [0.25, 0.3) is 11.3 Å². The molecule has 0 aliphatic carbocycles. The third-order valence-corrected chi connectivity index (χ3v) is 4.26. The van der Waals surface area contributed by atoms with E-state index in [1.807, 2.05) is 18.5 Å². The molecule has 6 nitrogen and oxygen atoms in total. The van der Waals surface area contributed by atoms with Gasteiger partial charge in [-0.2, -0.15) is 18.3 Å². The number of aromatic nitrogens is 4. The van der Waals surface area contributed by atoms with Crippen molar-refractivity contribution >= 4 is 11.5 Å². The maximum absolute atomic E-state index is 12.7. The van der Waals surface area contributed by atoms with Gasteiger partial charge in [-0.3, -0.25) is 9.67 Å². The average molecular weight is 391 g/mol. The second-order valence-electron chi connectivity index (χ2n) is 6.25. The van der Waals surface area contributed by atoms with Gasteiger partial charge in [0.15, 0.2) is 0 Å². The van der Waals surface area contributed by atoms with Crippen LogP contribution in [-0.4, -0.2) is 33.5 Å². The number of rotatable bonds is 6. The van der Waals surface area contributed by atoms with Crippen molar-refractivity contribution in [3.63, 3.8) is 0 Å². The molecule has 0 fully saturated rings. The summed E-state index contributed by atoms with van der Waals surface area (Å²) in [7, 11) is 1.63. The Morgan fingerprint density at radius 1 is 1.11 bits per heavy atom. The van der Waals surface area contributed by atoms with Crippen molar-refractivity contribution in [2.24, 2.45) is 0 Å². The zero-order chi connectivity index (χ0) is 20.3. The van der Waals surface area contributed by atoms with Crippen molar-refractivity contribution in [1.29, 1.82) is 0 Å². The minimum absolute atomic E-state index is 0.431. The molecule has 2 heterocycles. The number of hydrogen-bond acceptors (Lipinski definition) is 5. The summed E-state index contributed by atoms with van der Waals surface area (Å²) in [6.45, 7) is 5.01. The van der Waals surface area contributed by atoms with E-state index in [4.69, 9.17) is 4.74 Å². The molecule has 1 aromatic carbocycles. The lowest BCUT2D eigenvalue weighted by Gasteiger charge is -2.10. The Kier molecular flexibility index (Phi) is 5.64. The van der Waals surface area contributed by atoms with Gasteiger partial charge < -0.3 is 10.1 Å². The van der Waals surface area contributed by atoms with Crippen LogP contribution < -0.4 is 5.32 Å². The standard InChI is InChI=1S/C19H20F3N5O/c1-12-18(13(2)27(26-12)8-9-28-3)16-10-23-11-17(25-16)24-15-6-4-14(5-7-15)19(20,21)22/h4-7,10-11H,8-9H2,1-3H3,(H,24,25). The highest BCUT2D eigenvalue weighted by Crippen LogP contribution is 2.30. The number of hydrogen-bond donors (Lipinski definition) is 1. The van der Waals surface area contributed by atoms with Gasteiger partial charge in [-0.25, -0.2) is 4.98 Å². The molecule has 0 radical (unpaired) electrons. The first-order valence-corrected chi connectivity index (χ1v) is 8.59. The number of ether oxygens (including phenoxy) is 1. The summed E-state index contributed by atoms with van der Waals surface area (Å²) < 4.78 is 45.0. The monoisotopic (exact) mass is 391 g/mol. The maximum Gasteiger partial charge on any atom is 0.416 e. The number of benzene rings is 1. The Bertz CT molecular complexity index is 951. The van der Waals surface area contributed by atoms with E-state index < -0.39 is 11.7 Å². The zero-order valence-electron chi connectivity index (χ0n) is 15.7. The molecule has 148 valence electrons. The van der Waals surface area contributed by atoms with E-state index in [1.165, 1.54) is 18.3 Å². The van der Waals surface area contributed by atoms with Gasteiger partial charge in [-0.1, -0.05) is 0 Å². The molecule has 0 unspecified atom stereocenters. The lowest BCUT2D eigenvalue weighted by molar-refractivity contribution is -0.137. The van der Waals surface area contributed by atoms with E-state index in [-0.39, 0.29) is 0 Å². The van der Waals surface area contributed by atoms with Crippen molar-refractivity contribution in [2.45, 2.75) is 26.6 Å². The summed E-state index contributed by atoms with van der Waals surface area (Å²) in [5, 5.41) is 7.50. The Hall–Kier alpha value is -2.94. The fourth-order valence-electron chi connectivity index (χ4n) is 2.90. The SMILES string of the molecule is COCCn1nc(C)c(-c2cncc(Nc3ccc(C(F)(F)F)cc3)n2)c1C. The normalized spacial score (nSPS) is 11.6. The van der Waals surface area contributed by atoms with Crippen LogP contribution in [-0.2, 0) is 17.5 Å². The Labute approximate surface area is 160 Å². The Morgan fingerprint density at radius 2 is 1.82 bits per heavy atom. The van der Waals surface area contributed by atoms with Crippen LogP contribution in [0.4, 0.5) is 24.7 Å². The molecule has 9 heteroatoms. The van der Waals surface area contributed by atoms with Gasteiger partial charge in [0.2, 0.25) is 0 Å². The summed E-state index contributed by atoms with van der Waals surface area (Å²) in [4.78, 5) is 8.75. The molecule has 28 heavy (non-hydrogen) atoms. The minimum Gasteiger partial charge on any atom is -0.383 e. The number of nitrogens with one attached hydrogen (secondary N) is 1. The van der Waals surface area contributed by atoms with Crippen molar-refractivity contribution in [2.75, 3.05) is 19.0 Å². The highest BCUT2D eigenvalue weighted by atomic mass is 19.4. The summed E-state index contributed by atoms with van der Waals surface area (Å²) in [6.07, 6.45) is -1.22. The van der Waals surface area contributed by atoms with E-state index in [1.54, 1.807) is 13.3 Å². The molecule has 0 bridgehead atoms. The van der Waals surface area contributed by atoms with Gasteiger partial charge in [0, 0.05) is 24.1 Å². The summed E-state index contributed by atoms with van der Waals surface area (Å²) in [5.74, 6) is 0.431. The molecular formula is C19H20F3N5O. The molecule has 0 spiro atoms. The second kappa shape index (κ2) is 7.97. The van der Waals surface area contributed by atoms with Gasteiger partial charge >= 0.3 is 6.18 Å². The van der Waals surface area contributed by atoms with Crippen LogP contribution in [0.15, 0.2) is 36.7 Å². The molecule has 0 atom stereocenters. The molecule has 0 aliphatic heterocycles. The van der Waals surface area contributed by atoms with Gasteiger partial charge in [-0.05, 0) is 38.1 Å². The molecule has 1 N–H and O–H groups in total. The van der Waals surface area contributed by atoms with E-state index in [0.717, 1.165) is 29.1 Å². The first-order valence-electron chi connectivity index (χ1n) is 8.59. The number of alkyl halides is 3. The highest BCUT2D eigenvalue weighted by molar-refractivity contribution is 5.66. The number of methoxy groups -OCH3 is 1. The number of nitrogens with zero attached hydrogens (tertiary/aromatic N) is 4. The molecule has 0 saturated carbocycles. The Balaban J connectivity index is 1.84. The molecular weight excluding hydrogens is 371 g/mol. The first kappa shape index (κ1) is 19.8.